The molecule has 0 aliphatic rings. The summed E-state index contributed by atoms with van der Waals surface area (Å²) in [6, 6.07) is 6.01. The smallest absolute Gasteiger partial charge is 0.226 e. The SMILES string of the molecule is CC.Cc1ccc(CNc2nc(NCCN)nc3c2cnn3C)cc1Cl. The van der Waals surface area contributed by atoms with Crippen molar-refractivity contribution in [3.63, 3.8) is 0 Å². The van der Waals surface area contributed by atoms with E-state index in [-0.39, 0.29) is 0 Å². The first-order valence-corrected chi connectivity index (χ1v) is 9.09. The highest BCUT2D eigenvalue weighted by Crippen LogP contribution is 2.23. The van der Waals surface area contributed by atoms with Gasteiger partial charge in [-0.15, -0.1) is 0 Å². The average Bonchev–Trinajstić information content (AvgIpc) is 3.03. The standard InChI is InChI=1S/C16H20ClN7.C2H6/c1-10-3-4-11(7-13(10)17)8-20-14-12-9-21-24(2)15(12)23-16(22-14)19-6-5-18;1-2/h3-4,7,9H,5-6,8,18H2,1-2H3,(H2,19,20,22,23);1-2H3. The average molecular weight is 376 g/mol. The van der Waals surface area contributed by atoms with E-state index in [1.807, 2.05) is 46.0 Å². The molecular weight excluding hydrogens is 350 g/mol. The van der Waals surface area contributed by atoms with Crippen LogP contribution >= 0.6 is 11.6 Å². The highest BCUT2D eigenvalue weighted by molar-refractivity contribution is 6.31. The molecule has 0 aliphatic heterocycles. The number of hydrogen-bond acceptors (Lipinski definition) is 6. The van der Waals surface area contributed by atoms with Crippen molar-refractivity contribution >= 4 is 34.4 Å². The minimum Gasteiger partial charge on any atom is -0.365 e. The van der Waals surface area contributed by atoms with Gasteiger partial charge in [0.2, 0.25) is 5.95 Å². The van der Waals surface area contributed by atoms with Crippen LogP contribution in [0.15, 0.2) is 24.4 Å². The predicted octanol–water partition coefficient (Wildman–Crippen LogP) is 3.33. The van der Waals surface area contributed by atoms with E-state index in [0.717, 1.165) is 33.0 Å². The molecule has 3 rings (SSSR count). The first-order chi connectivity index (χ1) is 12.6. The zero-order chi connectivity index (χ0) is 19.1. The zero-order valence-electron chi connectivity index (χ0n) is 15.7. The number of benzene rings is 1. The fourth-order valence-corrected chi connectivity index (χ4v) is 2.56. The van der Waals surface area contributed by atoms with Crippen LogP contribution in [0, 0.1) is 6.92 Å². The van der Waals surface area contributed by atoms with Crippen molar-refractivity contribution in [2.75, 3.05) is 23.7 Å². The Bertz CT molecular complexity index is 860. The number of aromatic nitrogens is 4. The number of anilines is 2. The number of halogens is 1. The second kappa shape index (κ2) is 9.35. The van der Waals surface area contributed by atoms with Crippen LogP contribution in [0.2, 0.25) is 5.02 Å². The number of aryl methyl sites for hydroxylation is 2. The summed E-state index contributed by atoms with van der Waals surface area (Å²) in [5, 5.41) is 12.3. The van der Waals surface area contributed by atoms with Crippen LogP contribution in [0.3, 0.4) is 0 Å². The molecule has 0 bridgehead atoms. The van der Waals surface area contributed by atoms with E-state index in [9.17, 15) is 0 Å². The summed E-state index contributed by atoms with van der Waals surface area (Å²) in [4.78, 5) is 9.01. The van der Waals surface area contributed by atoms with Gasteiger partial charge in [0.25, 0.3) is 0 Å². The van der Waals surface area contributed by atoms with Gasteiger partial charge in [-0.25, -0.2) is 0 Å². The van der Waals surface area contributed by atoms with Gasteiger partial charge in [-0.05, 0) is 24.1 Å². The van der Waals surface area contributed by atoms with Gasteiger partial charge in [0.15, 0.2) is 5.65 Å². The second-order valence-corrected chi connectivity index (χ2v) is 5.96. The number of rotatable bonds is 6. The first kappa shape index (κ1) is 19.9. The lowest BCUT2D eigenvalue weighted by Gasteiger charge is -2.10. The third-order valence-electron chi connectivity index (χ3n) is 3.72. The number of hydrogen-bond donors (Lipinski definition) is 3. The van der Waals surface area contributed by atoms with E-state index in [4.69, 9.17) is 17.3 Å². The van der Waals surface area contributed by atoms with Gasteiger partial charge in [0.05, 0.1) is 11.6 Å². The fourth-order valence-electron chi connectivity index (χ4n) is 2.35. The lowest BCUT2D eigenvalue weighted by Crippen LogP contribution is -2.15. The molecule has 0 unspecified atom stereocenters. The van der Waals surface area contributed by atoms with Crippen molar-refractivity contribution in [1.82, 2.24) is 19.7 Å². The molecule has 3 aromatic rings. The van der Waals surface area contributed by atoms with Crippen molar-refractivity contribution in [1.29, 1.82) is 0 Å². The van der Waals surface area contributed by atoms with E-state index in [2.05, 4.69) is 25.7 Å². The predicted molar refractivity (Wildman–Crippen MR) is 109 cm³/mol. The monoisotopic (exact) mass is 375 g/mol. The topological polar surface area (TPSA) is 93.7 Å². The maximum absolute atomic E-state index is 6.19. The van der Waals surface area contributed by atoms with Crippen molar-refractivity contribution in [3.05, 3.63) is 40.5 Å². The minimum atomic E-state index is 0.511. The van der Waals surface area contributed by atoms with Crippen molar-refractivity contribution in [2.24, 2.45) is 12.8 Å². The highest BCUT2D eigenvalue weighted by atomic mass is 35.5. The second-order valence-electron chi connectivity index (χ2n) is 5.55. The third-order valence-corrected chi connectivity index (χ3v) is 4.12. The van der Waals surface area contributed by atoms with E-state index in [1.165, 1.54) is 0 Å². The molecule has 2 aromatic heterocycles. The lowest BCUT2D eigenvalue weighted by atomic mass is 10.1. The molecule has 0 spiro atoms. The van der Waals surface area contributed by atoms with Crippen LogP contribution in [0.25, 0.3) is 11.0 Å². The number of nitrogens with two attached hydrogens (primary N) is 1. The van der Waals surface area contributed by atoms with Gasteiger partial charge in [0.1, 0.15) is 5.82 Å². The summed E-state index contributed by atoms with van der Waals surface area (Å²) in [7, 11) is 1.85. The Morgan fingerprint density at radius 2 is 1.96 bits per heavy atom. The molecule has 0 saturated heterocycles. The molecule has 0 radical (unpaired) electrons. The summed E-state index contributed by atoms with van der Waals surface area (Å²) in [6.07, 6.45) is 1.76. The maximum atomic E-state index is 6.19. The summed E-state index contributed by atoms with van der Waals surface area (Å²) in [5.41, 5.74) is 8.43. The van der Waals surface area contributed by atoms with Crippen LogP contribution in [0.1, 0.15) is 25.0 Å². The van der Waals surface area contributed by atoms with Gasteiger partial charge in [-0.1, -0.05) is 37.6 Å². The molecule has 1 aromatic carbocycles. The Hall–Kier alpha value is -2.38. The first-order valence-electron chi connectivity index (χ1n) is 8.71. The van der Waals surface area contributed by atoms with Gasteiger partial charge in [-0.3, -0.25) is 4.68 Å². The number of nitrogens with zero attached hydrogens (tertiary/aromatic N) is 4. The van der Waals surface area contributed by atoms with E-state index in [0.29, 0.717) is 25.6 Å². The lowest BCUT2D eigenvalue weighted by molar-refractivity contribution is 0.785. The third kappa shape index (κ3) is 4.62. The molecule has 8 heteroatoms. The van der Waals surface area contributed by atoms with Crippen LogP contribution < -0.4 is 16.4 Å². The Morgan fingerprint density at radius 1 is 1.19 bits per heavy atom. The van der Waals surface area contributed by atoms with E-state index >= 15 is 0 Å². The molecule has 0 amide bonds. The molecule has 7 nitrogen and oxygen atoms in total. The zero-order valence-corrected chi connectivity index (χ0v) is 16.4. The molecule has 4 N–H and O–H groups in total. The van der Waals surface area contributed by atoms with Gasteiger partial charge >= 0.3 is 0 Å². The summed E-state index contributed by atoms with van der Waals surface area (Å²) in [5.74, 6) is 1.25. The number of nitrogens with one attached hydrogen (secondary N) is 2. The van der Waals surface area contributed by atoms with Crippen molar-refractivity contribution < 1.29 is 0 Å². The summed E-state index contributed by atoms with van der Waals surface area (Å²) < 4.78 is 1.72. The molecular formula is C18H26ClN7. The van der Waals surface area contributed by atoms with Crippen molar-refractivity contribution in [3.8, 4) is 0 Å². The normalized spacial score (nSPS) is 10.4. The molecule has 0 aliphatic carbocycles. The van der Waals surface area contributed by atoms with E-state index in [1.54, 1.807) is 10.9 Å². The van der Waals surface area contributed by atoms with Crippen LogP contribution in [0.5, 0.6) is 0 Å². The minimum absolute atomic E-state index is 0.511. The molecule has 26 heavy (non-hydrogen) atoms. The van der Waals surface area contributed by atoms with Crippen molar-refractivity contribution in [2.45, 2.75) is 27.3 Å². The Labute approximate surface area is 159 Å². The van der Waals surface area contributed by atoms with Crippen LogP contribution in [-0.4, -0.2) is 32.8 Å². The molecule has 0 atom stereocenters. The quantitative estimate of drug-likeness (QED) is 0.611. The Morgan fingerprint density at radius 3 is 2.65 bits per heavy atom. The van der Waals surface area contributed by atoms with E-state index < -0.39 is 0 Å². The van der Waals surface area contributed by atoms with Gasteiger partial charge in [0, 0.05) is 31.7 Å². The molecule has 0 fully saturated rings. The van der Waals surface area contributed by atoms with Gasteiger partial charge in [-0.2, -0.15) is 15.1 Å². The molecule has 140 valence electrons. The molecule has 2 heterocycles. The largest absolute Gasteiger partial charge is 0.365 e. The Balaban J connectivity index is 0.00000117. The van der Waals surface area contributed by atoms with Crippen LogP contribution in [-0.2, 0) is 13.6 Å². The molecule has 0 saturated carbocycles. The summed E-state index contributed by atoms with van der Waals surface area (Å²) in [6.45, 7) is 7.71. The Kier molecular flexibility index (Phi) is 7.17. The van der Waals surface area contributed by atoms with Crippen LogP contribution in [0.4, 0.5) is 11.8 Å². The summed E-state index contributed by atoms with van der Waals surface area (Å²) >= 11 is 6.19. The number of fused-ring (bicyclic) bond motifs is 1. The fraction of sp³-hybridized carbons (Fsp3) is 0.389. The van der Waals surface area contributed by atoms with Gasteiger partial charge < -0.3 is 16.4 Å². The highest BCUT2D eigenvalue weighted by Gasteiger charge is 2.11. The maximum Gasteiger partial charge on any atom is 0.226 e.